The quantitative estimate of drug-likeness (QED) is 0.783. The number of nitrogens with two attached hydrogens (primary N) is 1. The van der Waals surface area contributed by atoms with Crippen molar-refractivity contribution in [3.63, 3.8) is 0 Å². The van der Waals surface area contributed by atoms with E-state index >= 15 is 0 Å². The smallest absolute Gasteiger partial charge is 0.0355 e. The first-order chi connectivity index (χ1) is 8.05. The van der Waals surface area contributed by atoms with Crippen molar-refractivity contribution in [2.45, 2.75) is 37.8 Å². The maximum Gasteiger partial charge on any atom is 0.0355 e. The average molecular weight is 259 g/mol. The molecule has 17 heavy (non-hydrogen) atoms. The lowest BCUT2D eigenvalue weighted by Gasteiger charge is -2.48. The second-order valence-electron chi connectivity index (χ2n) is 5.47. The van der Waals surface area contributed by atoms with Crippen LogP contribution in [0.5, 0.6) is 0 Å². The van der Waals surface area contributed by atoms with Crippen molar-refractivity contribution in [1.29, 1.82) is 0 Å². The summed E-state index contributed by atoms with van der Waals surface area (Å²) < 4.78 is 0. The number of hydrogen-bond acceptors (Lipinski definition) is 4. The van der Waals surface area contributed by atoms with Crippen molar-refractivity contribution in [1.82, 2.24) is 9.80 Å². The molecule has 1 fully saturated rings. The summed E-state index contributed by atoms with van der Waals surface area (Å²) in [4.78, 5) is 4.96. The minimum absolute atomic E-state index is 0.240. The highest BCUT2D eigenvalue weighted by molar-refractivity contribution is 7.98. The van der Waals surface area contributed by atoms with Crippen LogP contribution in [0.25, 0.3) is 0 Å². The molecule has 0 aromatic carbocycles. The van der Waals surface area contributed by atoms with E-state index in [0.29, 0.717) is 6.04 Å². The summed E-state index contributed by atoms with van der Waals surface area (Å²) in [7, 11) is 4.47. The average Bonchev–Trinajstić information content (AvgIpc) is 2.36. The summed E-state index contributed by atoms with van der Waals surface area (Å²) in [5.74, 6) is 1.24. The molecule has 0 bridgehead atoms. The van der Waals surface area contributed by atoms with E-state index in [4.69, 9.17) is 5.73 Å². The second-order valence-corrected chi connectivity index (χ2v) is 6.46. The topological polar surface area (TPSA) is 32.5 Å². The molecule has 0 amide bonds. The van der Waals surface area contributed by atoms with Gasteiger partial charge < -0.3 is 10.6 Å². The maximum atomic E-state index is 6.09. The third-order valence-corrected chi connectivity index (χ3v) is 5.09. The number of rotatable bonds is 6. The molecule has 4 heteroatoms. The molecule has 1 aliphatic heterocycles. The molecule has 0 aliphatic carbocycles. The molecule has 2 N–H and O–H groups in total. The van der Waals surface area contributed by atoms with Gasteiger partial charge in [0.05, 0.1) is 0 Å². The molecule has 0 aromatic heterocycles. The first kappa shape index (κ1) is 15.3. The number of likely N-dealkylation sites (N-methyl/N-ethyl adjacent to an activating group) is 1. The van der Waals surface area contributed by atoms with Crippen molar-refractivity contribution in [3.8, 4) is 0 Å². The van der Waals surface area contributed by atoms with Crippen LogP contribution in [0.3, 0.4) is 0 Å². The van der Waals surface area contributed by atoms with Crippen LogP contribution < -0.4 is 5.73 Å². The molecule has 0 saturated carbocycles. The molecule has 0 aromatic rings. The van der Waals surface area contributed by atoms with Gasteiger partial charge >= 0.3 is 0 Å². The Balaban J connectivity index is 2.59. The Bertz CT molecular complexity index is 215. The van der Waals surface area contributed by atoms with E-state index in [2.05, 4.69) is 37.1 Å². The van der Waals surface area contributed by atoms with Crippen molar-refractivity contribution in [2.24, 2.45) is 5.73 Å². The maximum absolute atomic E-state index is 6.09. The Morgan fingerprint density at radius 3 is 2.47 bits per heavy atom. The fourth-order valence-corrected chi connectivity index (χ4v) is 3.26. The zero-order valence-corrected chi connectivity index (χ0v) is 12.7. The third-order valence-electron chi connectivity index (χ3n) is 4.45. The van der Waals surface area contributed by atoms with E-state index in [-0.39, 0.29) is 5.54 Å². The fraction of sp³-hybridized carbons (Fsp3) is 1.00. The molecule has 0 radical (unpaired) electrons. The van der Waals surface area contributed by atoms with Crippen molar-refractivity contribution in [3.05, 3.63) is 0 Å². The molecule has 102 valence electrons. The second kappa shape index (κ2) is 6.98. The van der Waals surface area contributed by atoms with Crippen LogP contribution in [0.4, 0.5) is 0 Å². The molecular formula is C13H29N3S. The molecule has 0 spiro atoms. The predicted octanol–water partition coefficient (Wildman–Crippen LogP) is 1.48. The van der Waals surface area contributed by atoms with Crippen LogP contribution in [0, 0.1) is 0 Å². The van der Waals surface area contributed by atoms with Gasteiger partial charge in [-0.15, -0.1) is 0 Å². The van der Waals surface area contributed by atoms with Gasteiger partial charge in [-0.1, -0.05) is 0 Å². The Kier molecular flexibility index (Phi) is 6.27. The van der Waals surface area contributed by atoms with Gasteiger partial charge in [-0.3, -0.25) is 4.90 Å². The third kappa shape index (κ3) is 3.85. The standard InChI is InChI=1S/C13H29N3S/c1-12(5-10-17-4)16(3)13(11-14)6-8-15(2)9-7-13/h12H,5-11,14H2,1-4H3. The first-order valence-corrected chi connectivity index (χ1v) is 8.05. The summed E-state index contributed by atoms with van der Waals surface area (Å²) >= 11 is 1.93. The molecular weight excluding hydrogens is 230 g/mol. The zero-order valence-electron chi connectivity index (χ0n) is 11.9. The summed E-state index contributed by atoms with van der Waals surface area (Å²) in [6.07, 6.45) is 5.86. The van der Waals surface area contributed by atoms with Crippen LogP contribution >= 0.6 is 11.8 Å². The van der Waals surface area contributed by atoms with Crippen LogP contribution in [0.2, 0.25) is 0 Å². The fourth-order valence-electron chi connectivity index (χ4n) is 2.69. The normalized spacial score (nSPS) is 22.9. The van der Waals surface area contributed by atoms with Gasteiger partial charge in [-0.05, 0) is 65.4 Å². The van der Waals surface area contributed by atoms with Crippen molar-refractivity contribution in [2.75, 3.05) is 45.7 Å². The Hall–Kier alpha value is 0.230. The molecule has 3 nitrogen and oxygen atoms in total. The lowest BCUT2D eigenvalue weighted by Crippen LogP contribution is -2.60. The molecule has 1 aliphatic rings. The largest absolute Gasteiger partial charge is 0.329 e. The molecule has 1 saturated heterocycles. The summed E-state index contributed by atoms with van der Waals surface area (Å²) in [6, 6.07) is 0.634. The molecule has 1 heterocycles. The van der Waals surface area contributed by atoms with Gasteiger partial charge in [0.2, 0.25) is 0 Å². The van der Waals surface area contributed by atoms with Crippen LogP contribution in [0.15, 0.2) is 0 Å². The summed E-state index contributed by atoms with van der Waals surface area (Å²) in [6.45, 7) is 5.49. The van der Waals surface area contributed by atoms with Crippen LogP contribution in [-0.4, -0.2) is 67.1 Å². The number of likely N-dealkylation sites (tertiary alicyclic amines) is 1. The lowest BCUT2D eigenvalue weighted by atomic mass is 9.85. The van der Waals surface area contributed by atoms with E-state index in [1.54, 1.807) is 0 Å². The first-order valence-electron chi connectivity index (χ1n) is 6.66. The van der Waals surface area contributed by atoms with Gasteiger partial charge in [0, 0.05) is 18.1 Å². The monoisotopic (exact) mass is 259 g/mol. The SMILES string of the molecule is CSCCC(C)N(C)C1(CN)CCN(C)CC1. The van der Waals surface area contributed by atoms with Gasteiger partial charge in [-0.2, -0.15) is 11.8 Å². The number of nitrogens with zero attached hydrogens (tertiary/aromatic N) is 2. The zero-order chi connectivity index (χ0) is 12.9. The minimum atomic E-state index is 0.240. The summed E-state index contributed by atoms with van der Waals surface area (Å²) in [5.41, 5.74) is 6.33. The van der Waals surface area contributed by atoms with Crippen molar-refractivity contribution >= 4 is 11.8 Å². The number of thioether (sulfide) groups is 1. The van der Waals surface area contributed by atoms with Crippen LogP contribution in [0.1, 0.15) is 26.2 Å². The van der Waals surface area contributed by atoms with Gasteiger partial charge in [0.1, 0.15) is 0 Å². The Labute approximate surface area is 111 Å². The van der Waals surface area contributed by atoms with E-state index in [0.717, 1.165) is 6.54 Å². The summed E-state index contributed by atoms with van der Waals surface area (Å²) in [5, 5.41) is 0. The Morgan fingerprint density at radius 1 is 1.41 bits per heavy atom. The molecule has 1 unspecified atom stereocenters. The minimum Gasteiger partial charge on any atom is -0.329 e. The van der Waals surface area contributed by atoms with Gasteiger partial charge in [0.15, 0.2) is 0 Å². The highest BCUT2D eigenvalue weighted by atomic mass is 32.2. The lowest BCUT2D eigenvalue weighted by molar-refractivity contribution is 0.0271. The van der Waals surface area contributed by atoms with Crippen molar-refractivity contribution < 1.29 is 0 Å². The predicted molar refractivity (Wildman–Crippen MR) is 78.7 cm³/mol. The highest BCUT2D eigenvalue weighted by Crippen LogP contribution is 2.29. The number of hydrogen-bond donors (Lipinski definition) is 1. The molecule has 1 rings (SSSR count). The van der Waals surface area contributed by atoms with Crippen LogP contribution in [-0.2, 0) is 0 Å². The highest BCUT2D eigenvalue weighted by Gasteiger charge is 2.37. The van der Waals surface area contributed by atoms with E-state index in [1.165, 1.54) is 38.1 Å². The van der Waals surface area contributed by atoms with E-state index < -0.39 is 0 Å². The number of piperidine rings is 1. The van der Waals surface area contributed by atoms with E-state index in [1.807, 2.05) is 11.8 Å². The van der Waals surface area contributed by atoms with Gasteiger partial charge in [0.25, 0.3) is 0 Å². The van der Waals surface area contributed by atoms with Gasteiger partial charge in [-0.25, -0.2) is 0 Å². The Morgan fingerprint density at radius 2 is 2.00 bits per heavy atom. The molecule has 1 atom stereocenters. The van der Waals surface area contributed by atoms with E-state index in [9.17, 15) is 0 Å².